The highest BCUT2D eigenvalue weighted by atomic mass is 32.2. The summed E-state index contributed by atoms with van der Waals surface area (Å²) < 4.78 is 60.8. The van der Waals surface area contributed by atoms with Crippen LogP contribution in [-0.4, -0.2) is 46.4 Å². The van der Waals surface area contributed by atoms with Crippen LogP contribution in [0.1, 0.15) is 16.1 Å². The van der Waals surface area contributed by atoms with Gasteiger partial charge in [-0.15, -0.1) is 0 Å². The van der Waals surface area contributed by atoms with Crippen molar-refractivity contribution in [2.24, 2.45) is 5.73 Å². The Morgan fingerprint density at radius 2 is 2.00 bits per heavy atom. The van der Waals surface area contributed by atoms with Crippen LogP contribution < -0.4 is 5.73 Å². The molecule has 3 aromatic rings. The standard InChI is InChI=1S/C17H14F2N4O6S/c1-22(17(25)26)7-9-8-23(14(13(9)18)10-3-2-6-21-15(10)19)30(27,28)12-5-4-11(29-12)16(20)24/h2-6,8H,7H2,1H3,(H2,20,24)(H,25,26). The van der Waals surface area contributed by atoms with Gasteiger partial charge in [0, 0.05) is 25.0 Å². The van der Waals surface area contributed by atoms with Gasteiger partial charge in [-0.05, 0) is 24.3 Å². The number of hydrogen-bond acceptors (Lipinski definition) is 6. The van der Waals surface area contributed by atoms with E-state index in [-0.39, 0.29) is 5.56 Å². The number of hydrogen-bond donors (Lipinski definition) is 2. The fourth-order valence-electron chi connectivity index (χ4n) is 2.62. The number of nitrogens with two attached hydrogens (primary N) is 1. The molecule has 0 aliphatic carbocycles. The van der Waals surface area contributed by atoms with E-state index in [1.165, 1.54) is 6.07 Å². The Bertz CT molecular complexity index is 1250. The summed E-state index contributed by atoms with van der Waals surface area (Å²) >= 11 is 0. The molecule has 0 saturated heterocycles. The van der Waals surface area contributed by atoms with E-state index in [0.29, 0.717) is 8.87 Å². The molecule has 158 valence electrons. The second-order valence-corrected chi connectivity index (χ2v) is 7.83. The lowest BCUT2D eigenvalue weighted by Crippen LogP contribution is -2.24. The summed E-state index contributed by atoms with van der Waals surface area (Å²) in [6, 6.07) is 4.32. The summed E-state index contributed by atoms with van der Waals surface area (Å²) in [5.74, 6) is -3.81. The molecule has 3 rings (SSSR count). The van der Waals surface area contributed by atoms with E-state index in [4.69, 9.17) is 15.3 Å². The zero-order chi connectivity index (χ0) is 22.2. The van der Waals surface area contributed by atoms with Crippen LogP contribution in [0.3, 0.4) is 0 Å². The molecule has 0 aliphatic rings. The van der Waals surface area contributed by atoms with Crippen LogP contribution in [0.4, 0.5) is 13.6 Å². The number of amides is 2. The molecule has 3 N–H and O–H groups in total. The van der Waals surface area contributed by atoms with Gasteiger partial charge in [-0.1, -0.05) is 0 Å². The van der Waals surface area contributed by atoms with Gasteiger partial charge in [0.25, 0.3) is 5.91 Å². The van der Waals surface area contributed by atoms with Gasteiger partial charge in [0.15, 0.2) is 11.6 Å². The van der Waals surface area contributed by atoms with Crippen molar-refractivity contribution < 1.29 is 36.3 Å². The third-order valence-electron chi connectivity index (χ3n) is 4.07. The zero-order valence-corrected chi connectivity index (χ0v) is 16.1. The lowest BCUT2D eigenvalue weighted by molar-refractivity contribution is 0.0968. The number of carboxylic acid groups (broad SMARTS) is 1. The Labute approximate surface area is 168 Å². The topological polar surface area (TPSA) is 149 Å². The lowest BCUT2D eigenvalue weighted by Gasteiger charge is -2.11. The van der Waals surface area contributed by atoms with Crippen molar-refractivity contribution in [1.82, 2.24) is 13.9 Å². The second kappa shape index (κ2) is 7.59. The molecule has 3 heterocycles. The first kappa shape index (κ1) is 21.0. The number of rotatable bonds is 6. The summed E-state index contributed by atoms with van der Waals surface area (Å²) in [5, 5.41) is 8.26. The lowest BCUT2D eigenvalue weighted by atomic mass is 10.2. The molecule has 0 aromatic carbocycles. The van der Waals surface area contributed by atoms with Gasteiger partial charge in [0.05, 0.1) is 12.1 Å². The van der Waals surface area contributed by atoms with Crippen LogP contribution in [0, 0.1) is 11.8 Å². The normalized spacial score (nSPS) is 11.4. The Kier molecular flexibility index (Phi) is 5.31. The van der Waals surface area contributed by atoms with E-state index in [1.54, 1.807) is 0 Å². The maximum atomic E-state index is 15.2. The van der Waals surface area contributed by atoms with Crippen LogP contribution in [0.15, 0.2) is 46.2 Å². The van der Waals surface area contributed by atoms with E-state index in [9.17, 15) is 22.4 Å². The zero-order valence-electron chi connectivity index (χ0n) is 15.2. The number of pyridine rings is 1. The van der Waals surface area contributed by atoms with E-state index < -0.39 is 62.4 Å². The highest BCUT2D eigenvalue weighted by Crippen LogP contribution is 2.32. The van der Waals surface area contributed by atoms with Gasteiger partial charge >= 0.3 is 16.1 Å². The maximum Gasteiger partial charge on any atom is 0.407 e. The van der Waals surface area contributed by atoms with Crippen molar-refractivity contribution in [1.29, 1.82) is 0 Å². The van der Waals surface area contributed by atoms with Crippen molar-refractivity contribution in [3.8, 4) is 11.3 Å². The molecule has 0 bridgehead atoms. The Morgan fingerprint density at radius 3 is 2.57 bits per heavy atom. The third kappa shape index (κ3) is 3.61. The SMILES string of the molecule is CN(Cc1cn(S(=O)(=O)c2ccc(C(N)=O)o2)c(-c2cccnc2F)c1F)C(=O)O. The number of aromatic nitrogens is 2. The molecular weight excluding hydrogens is 426 g/mol. The molecule has 2 amide bonds. The van der Waals surface area contributed by atoms with E-state index in [1.807, 2.05) is 0 Å². The number of nitrogens with zero attached hydrogens (tertiary/aromatic N) is 3. The van der Waals surface area contributed by atoms with Crippen LogP contribution >= 0.6 is 0 Å². The van der Waals surface area contributed by atoms with Crippen LogP contribution in [-0.2, 0) is 16.6 Å². The van der Waals surface area contributed by atoms with Crippen LogP contribution in [0.5, 0.6) is 0 Å². The number of furan rings is 1. The average Bonchev–Trinajstić information content (AvgIpc) is 3.29. The van der Waals surface area contributed by atoms with Crippen molar-refractivity contribution in [3.05, 3.63) is 59.7 Å². The van der Waals surface area contributed by atoms with Crippen molar-refractivity contribution in [3.63, 3.8) is 0 Å². The van der Waals surface area contributed by atoms with Crippen LogP contribution in [0.25, 0.3) is 11.3 Å². The fraction of sp³-hybridized carbons (Fsp3) is 0.118. The van der Waals surface area contributed by atoms with Gasteiger partial charge in [0.2, 0.25) is 11.0 Å². The van der Waals surface area contributed by atoms with E-state index in [0.717, 1.165) is 37.6 Å². The monoisotopic (exact) mass is 440 g/mol. The molecule has 13 heteroatoms. The van der Waals surface area contributed by atoms with E-state index >= 15 is 4.39 Å². The van der Waals surface area contributed by atoms with Crippen molar-refractivity contribution in [2.45, 2.75) is 11.6 Å². The summed E-state index contributed by atoms with van der Waals surface area (Å²) in [6.07, 6.45) is 0.498. The van der Waals surface area contributed by atoms with Gasteiger partial charge in [-0.25, -0.2) is 18.1 Å². The second-order valence-electron chi connectivity index (χ2n) is 6.08. The minimum atomic E-state index is -4.66. The summed E-state index contributed by atoms with van der Waals surface area (Å²) in [6.45, 7) is -0.525. The van der Waals surface area contributed by atoms with E-state index in [2.05, 4.69) is 4.98 Å². The summed E-state index contributed by atoms with van der Waals surface area (Å²) in [7, 11) is -3.52. The molecule has 0 saturated carbocycles. The minimum absolute atomic E-state index is 0.344. The third-order valence-corrected chi connectivity index (χ3v) is 5.60. The smallest absolute Gasteiger partial charge is 0.407 e. The number of halogens is 2. The Morgan fingerprint density at radius 1 is 1.30 bits per heavy atom. The summed E-state index contributed by atoms with van der Waals surface area (Å²) in [5.41, 5.74) is 3.51. The van der Waals surface area contributed by atoms with Crippen molar-refractivity contribution >= 4 is 22.0 Å². The molecule has 30 heavy (non-hydrogen) atoms. The molecule has 0 spiro atoms. The maximum absolute atomic E-state index is 15.2. The number of carbonyl (C=O) groups is 2. The van der Waals surface area contributed by atoms with Gasteiger partial charge in [-0.3, -0.25) is 4.79 Å². The quantitative estimate of drug-likeness (QED) is 0.556. The first-order chi connectivity index (χ1) is 14.0. The average molecular weight is 440 g/mol. The predicted molar refractivity (Wildman–Crippen MR) is 96.9 cm³/mol. The highest BCUT2D eigenvalue weighted by molar-refractivity contribution is 7.89. The predicted octanol–water partition coefficient (Wildman–Crippen LogP) is 1.87. The van der Waals surface area contributed by atoms with Crippen LogP contribution in [0.2, 0.25) is 0 Å². The fourth-order valence-corrected chi connectivity index (χ4v) is 3.94. The highest BCUT2D eigenvalue weighted by Gasteiger charge is 2.31. The number of primary amides is 1. The summed E-state index contributed by atoms with van der Waals surface area (Å²) in [4.78, 5) is 26.4. The van der Waals surface area contributed by atoms with Gasteiger partial charge in [-0.2, -0.15) is 12.8 Å². The van der Waals surface area contributed by atoms with Crippen molar-refractivity contribution in [2.75, 3.05) is 7.05 Å². The largest absolute Gasteiger partial charge is 0.465 e. The molecule has 10 nitrogen and oxygen atoms in total. The van der Waals surface area contributed by atoms with Gasteiger partial charge in [0.1, 0.15) is 5.69 Å². The molecule has 0 atom stereocenters. The number of carbonyl (C=O) groups excluding carboxylic acids is 1. The first-order valence-corrected chi connectivity index (χ1v) is 9.58. The Balaban J connectivity index is 2.25. The molecule has 0 aliphatic heterocycles. The molecule has 0 radical (unpaired) electrons. The molecule has 3 aromatic heterocycles. The molecule has 0 fully saturated rings. The molecule has 0 unspecified atom stereocenters. The minimum Gasteiger partial charge on any atom is -0.465 e. The first-order valence-electron chi connectivity index (χ1n) is 8.14. The Hall–Kier alpha value is -3.74. The molecular formula is C17H14F2N4O6S. The van der Waals surface area contributed by atoms with Gasteiger partial charge < -0.3 is 20.2 Å².